The Hall–Kier alpha value is -3.89. The van der Waals surface area contributed by atoms with Crippen LogP contribution in [0.25, 0.3) is 33.3 Å². The molecule has 0 aliphatic heterocycles. The summed E-state index contributed by atoms with van der Waals surface area (Å²) in [6.07, 6.45) is 5.98. The van der Waals surface area contributed by atoms with Gasteiger partial charge in [0.25, 0.3) is 0 Å². The molecule has 4 heterocycles. The SMILES string of the molecule is CC(C)[C@H](Nc1cncc(-c2c[nH]c3ncc(-c4cnn(C)c4)cc23)c1)C(=O)NCC(F)(F)F. The van der Waals surface area contributed by atoms with Crippen LogP contribution in [0, 0.1) is 5.92 Å². The number of carbonyl (C=O) groups is 1. The number of aromatic amines is 1. The van der Waals surface area contributed by atoms with Crippen molar-refractivity contribution in [3.63, 3.8) is 0 Å². The molecule has 4 rings (SSSR count). The summed E-state index contributed by atoms with van der Waals surface area (Å²) in [5, 5.41) is 10.1. The van der Waals surface area contributed by atoms with Crippen LogP contribution >= 0.6 is 0 Å². The number of aryl methyl sites for hydroxylation is 1. The average molecular weight is 471 g/mol. The van der Waals surface area contributed by atoms with E-state index in [-0.39, 0.29) is 5.92 Å². The van der Waals surface area contributed by atoms with Gasteiger partial charge >= 0.3 is 6.18 Å². The van der Waals surface area contributed by atoms with E-state index in [0.29, 0.717) is 11.3 Å². The number of anilines is 1. The fourth-order valence-corrected chi connectivity index (χ4v) is 3.65. The summed E-state index contributed by atoms with van der Waals surface area (Å²) in [6.45, 7) is 2.14. The highest BCUT2D eigenvalue weighted by molar-refractivity contribution is 5.96. The molecule has 11 heteroatoms. The summed E-state index contributed by atoms with van der Waals surface area (Å²) >= 11 is 0. The van der Waals surface area contributed by atoms with E-state index in [0.717, 1.165) is 27.6 Å². The van der Waals surface area contributed by atoms with Gasteiger partial charge < -0.3 is 15.6 Å². The zero-order valence-electron chi connectivity index (χ0n) is 18.8. The zero-order chi connectivity index (χ0) is 24.5. The van der Waals surface area contributed by atoms with Gasteiger partial charge in [-0.05, 0) is 18.1 Å². The number of rotatable bonds is 7. The molecule has 0 aromatic carbocycles. The van der Waals surface area contributed by atoms with Crippen LogP contribution in [0.4, 0.5) is 18.9 Å². The first kappa shape index (κ1) is 23.3. The van der Waals surface area contributed by atoms with Gasteiger partial charge in [0.15, 0.2) is 0 Å². The van der Waals surface area contributed by atoms with E-state index >= 15 is 0 Å². The highest BCUT2D eigenvalue weighted by atomic mass is 19.4. The lowest BCUT2D eigenvalue weighted by Crippen LogP contribution is -2.46. The van der Waals surface area contributed by atoms with Crippen molar-refractivity contribution in [2.24, 2.45) is 13.0 Å². The predicted octanol–water partition coefficient (Wildman–Crippen LogP) is 4.14. The molecule has 178 valence electrons. The summed E-state index contributed by atoms with van der Waals surface area (Å²) in [5.41, 5.74) is 4.68. The lowest BCUT2D eigenvalue weighted by Gasteiger charge is -2.23. The zero-order valence-corrected chi connectivity index (χ0v) is 18.8. The van der Waals surface area contributed by atoms with E-state index in [4.69, 9.17) is 0 Å². The molecule has 4 aromatic rings. The molecule has 0 spiro atoms. The third kappa shape index (κ3) is 5.19. The fraction of sp³-hybridized carbons (Fsp3) is 0.304. The van der Waals surface area contributed by atoms with Gasteiger partial charge in [-0.2, -0.15) is 18.3 Å². The Labute approximate surface area is 193 Å². The molecule has 0 saturated carbocycles. The Kier molecular flexibility index (Phi) is 6.27. The number of nitrogens with one attached hydrogen (secondary N) is 3. The lowest BCUT2D eigenvalue weighted by molar-refractivity contribution is -0.139. The minimum absolute atomic E-state index is 0.254. The number of fused-ring (bicyclic) bond motifs is 1. The van der Waals surface area contributed by atoms with Crippen LogP contribution in [0.3, 0.4) is 0 Å². The van der Waals surface area contributed by atoms with Crippen molar-refractivity contribution in [3.05, 3.63) is 49.3 Å². The largest absolute Gasteiger partial charge is 0.405 e. The van der Waals surface area contributed by atoms with Crippen molar-refractivity contribution in [3.8, 4) is 22.3 Å². The number of alkyl halides is 3. The number of aromatic nitrogens is 5. The smallest absolute Gasteiger partial charge is 0.372 e. The normalized spacial score (nSPS) is 12.8. The first-order valence-electron chi connectivity index (χ1n) is 10.6. The third-order valence-corrected chi connectivity index (χ3v) is 5.35. The van der Waals surface area contributed by atoms with Gasteiger partial charge in [-0.25, -0.2) is 4.98 Å². The molecule has 0 bridgehead atoms. The Morgan fingerprint density at radius 2 is 1.91 bits per heavy atom. The number of hydrogen-bond acceptors (Lipinski definition) is 5. The summed E-state index contributed by atoms with van der Waals surface area (Å²) in [7, 11) is 1.84. The molecule has 3 N–H and O–H groups in total. The molecule has 1 atom stereocenters. The highest BCUT2D eigenvalue weighted by Gasteiger charge is 2.30. The van der Waals surface area contributed by atoms with E-state index in [1.807, 2.05) is 30.8 Å². The number of carbonyl (C=O) groups excluding carboxylic acids is 1. The van der Waals surface area contributed by atoms with Gasteiger partial charge in [0.1, 0.15) is 18.2 Å². The second-order valence-electron chi connectivity index (χ2n) is 8.39. The average Bonchev–Trinajstić information content (AvgIpc) is 3.41. The summed E-state index contributed by atoms with van der Waals surface area (Å²) in [5.74, 6) is -0.980. The van der Waals surface area contributed by atoms with Crippen molar-refractivity contribution < 1.29 is 18.0 Å². The van der Waals surface area contributed by atoms with Crippen molar-refractivity contribution in [1.29, 1.82) is 0 Å². The summed E-state index contributed by atoms with van der Waals surface area (Å²) < 4.78 is 39.3. The van der Waals surface area contributed by atoms with E-state index in [2.05, 4.69) is 25.4 Å². The number of hydrogen-bond donors (Lipinski definition) is 3. The van der Waals surface area contributed by atoms with Crippen LogP contribution in [0.2, 0.25) is 0 Å². The van der Waals surface area contributed by atoms with Crippen LogP contribution in [0.5, 0.6) is 0 Å². The molecular weight excluding hydrogens is 447 g/mol. The van der Waals surface area contributed by atoms with Crippen LogP contribution < -0.4 is 10.6 Å². The molecule has 0 radical (unpaired) electrons. The van der Waals surface area contributed by atoms with Gasteiger partial charge in [0, 0.05) is 65.7 Å². The molecule has 0 fully saturated rings. The standard InChI is InChI=1S/C23H24F3N7O/c1-13(2)20(22(34)30-12-23(24,25)26)32-17-4-15(6-27-9-17)19-10-29-21-18(19)5-14(7-28-21)16-8-31-33(3)11-16/h4-11,13,20,32H,12H2,1-3H3,(H,28,29)(H,30,34)/t20-/m0/s1. The second-order valence-corrected chi connectivity index (χ2v) is 8.39. The van der Waals surface area contributed by atoms with Crippen molar-refractivity contribution >= 4 is 22.6 Å². The number of pyridine rings is 2. The van der Waals surface area contributed by atoms with Crippen LogP contribution in [-0.2, 0) is 11.8 Å². The van der Waals surface area contributed by atoms with E-state index in [9.17, 15) is 18.0 Å². The van der Waals surface area contributed by atoms with Crippen LogP contribution in [0.1, 0.15) is 13.8 Å². The molecule has 34 heavy (non-hydrogen) atoms. The topological polar surface area (TPSA) is 101 Å². The molecule has 8 nitrogen and oxygen atoms in total. The third-order valence-electron chi connectivity index (χ3n) is 5.35. The first-order chi connectivity index (χ1) is 16.1. The van der Waals surface area contributed by atoms with Crippen molar-refractivity contribution in [2.45, 2.75) is 26.1 Å². The molecular formula is C23H24F3N7O. The quantitative estimate of drug-likeness (QED) is 0.376. The van der Waals surface area contributed by atoms with E-state index in [1.165, 1.54) is 6.20 Å². The molecule has 1 amide bonds. The number of halogens is 3. The molecule has 0 saturated heterocycles. The first-order valence-corrected chi connectivity index (χ1v) is 10.6. The van der Waals surface area contributed by atoms with Crippen molar-refractivity contribution in [2.75, 3.05) is 11.9 Å². The Morgan fingerprint density at radius 3 is 2.59 bits per heavy atom. The van der Waals surface area contributed by atoms with Gasteiger partial charge in [-0.1, -0.05) is 13.8 Å². The predicted molar refractivity (Wildman–Crippen MR) is 123 cm³/mol. The van der Waals surface area contributed by atoms with Crippen molar-refractivity contribution in [1.82, 2.24) is 30.0 Å². The highest BCUT2D eigenvalue weighted by Crippen LogP contribution is 2.32. The minimum atomic E-state index is -4.48. The Balaban J connectivity index is 1.61. The lowest BCUT2D eigenvalue weighted by atomic mass is 10.0. The maximum absolute atomic E-state index is 12.5. The molecule has 0 unspecified atom stereocenters. The molecule has 4 aromatic heterocycles. The van der Waals surface area contributed by atoms with Gasteiger partial charge in [-0.15, -0.1) is 0 Å². The molecule has 0 aliphatic rings. The maximum atomic E-state index is 12.5. The fourth-order valence-electron chi connectivity index (χ4n) is 3.65. The maximum Gasteiger partial charge on any atom is 0.405 e. The summed E-state index contributed by atoms with van der Waals surface area (Å²) in [4.78, 5) is 24.3. The molecule has 0 aliphatic carbocycles. The van der Waals surface area contributed by atoms with Gasteiger partial charge in [-0.3, -0.25) is 14.5 Å². The van der Waals surface area contributed by atoms with Gasteiger partial charge in [0.05, 0.1) is 11.9 Å². The second kappa shape index (κ2) is 9.16. The van der Waals surface area contributed by atoms with E-state index < -0.39 is 24.7 Å². The Bertz CT molecular complexity index is 1310. The van der Waals surface area contributed by atoms with E-state index in [1.54, 1.807) is 43.2 Å². The van der Waals surface area contributed by atoms with Gasteiger partial charge in [0.2, 0.25) is 5.91 Å². The number of amides is 1. The summed E-state index contributed by atoms with van der Waals surface area (Å²) in [6, 6.07) is 2.95. The van der Waals surface area contributed by atoms with Crippen LogP contribution in [0.15, 0.2) is 49.3 Å². The Morgan fingerprint density at radius 1 is 1.12 bits per heavy atom. The number of H-pyrrole nitrogens is 1. The minimum Gasteiger partial charge on any atom is -0.372 e. The monoisotopic (exact) mass is 471 g/mol. The number of nitrogens with zero attached hydrogens (tertiary/aromatic N) is 4. The van der Waals surface area contributed by atoms with Crippen LogP contribution in [-0.4, -0.2) is 49.4 Å².